The van der Waals surface area contributed by atoms with E-state index in [0.29, 0.717) is 35.5 Å². The fourth-order valence-corrected chi connectivity index (χ4v) is 2.63. The first-order chi connectivity index (χ1) is 11.4. The van der Waals surface area contributed by atoms with Gasteiger partial charge in [-0.2, -0.15) is 13.2 Å². The lowest BCUT2D eigenvalue weighted by molar-refractivity contribution is -0.137. The smallest absolute Gasteiger partial charge is 0.416 e. The molecule has 1 N–H and O–H groups in total. The van der Waals surface area contributed by atoms with Gasteiger partial charge >= 0.3 is 6.18 Å². The fraction of sp³-hybridized carbons (Fsp3) is 0.333. The van der Waals surface area contributed by atoms with Crippen LogP contribution in [0.1, 0.15) is 22.3 Å². The summed E-state index contributed by atoms with van der Waals surface area (Å²) in [4.78, 5) is 0. The van der Waals surface area contributed by atoms with Crippen molar-refractivity contribution in [2.75, 3.05) is 14.2 Å². The van der Waals surface area contributed by atoms with Crippen molar-refractivity contribution < 1.29 is 27.8 Å². The molecule has 0 heterocycles. The summed E-state index contributed by atoms with van der Waals surface area (Å²) in [6.07, 6.45) is -3.54. The Morgan fingerprint density at radius 2 is 1.75 bits per heavy atom. The zero-order valence-corrected chi connectivity index (χ0v) is 13.5. The van der Waals surface area contributed by atoms with E-state index in [0.717, 1.165) is 17.7 Å². The van der Waals surface area contributed by atoms with Crippen LogP contribution in [0.15, 0.2) is 36.4 Å². The molecular weight excluding hydrogens is 321 g/mol. The van der Waals surface area contributed by atoms with Crippen molar-refractivity contribution in [3.8, 4) is 11.5 Å². The largest absolute Gasteiger partial charge is 0.493 e. The summed E-state index contributed by atoms with van der Waals surface area (Å²) in [5.41, 5.74) is 1.30. The first kappa shape index (κ1) is 18.1. The van der Waals surface area contributed by atoms with Crippen LogP contribution in [0.2, 0.25) is 0 Å². The average molecular weight is 340 g/mol. The van der Waals surface area contributed by atoms with Crippen LogP contribution in [0.5, 0.6) is 11.5 Å². The van der Waals surface area contributed by atoms with Gasteiger partial charge in [0.15, 0.2) is 11.5 Å². The molecule has 0 aromatic heterocycles. The minimum atomic E-state index is -4.36. The lowest BCUT2D eigenvalue weighted by Gasteiger charge is -2.16. The van der Waals surface area contributed by atoms with E-state index in [4.69, 9.17) is 9.47 Å². The van der Waals surface area contributed by atoms with Crippen molar-refractivity contribution in [3.63, 3.8) is 0 Å². The van der Waals surface area contributed by atoms with Crippen LogP contribution < -0.4 is 9.47 Å². The first-order valence-electron chi connectivity index (χ1n) is 7.40. The van der Waals surface area contributed by atoms with Crippen LogP contribution >= 0.6 is 0 Å². The Morgan fingerprint density at radius 1 is 1.00 bits per heavy atom. The maximum absolute atomic E-state index is 12.8. The molecule has 130 valence electrons. The number of hydrogen-bond donors (Lipinski definition) is 1. The summed E-state index contributed by atoms with van der Waals surface area (Å²) in [6.45, 7) is -0.182. The van der Waals surface area contributed by atoms with Crippen molar-refractivity contribution in [3.05, 3.63) is 58.7 Å². The van der Waals surface area contributed by atoms with Gasteiger partial charge in [-0.15, -0.1) is 0 Å². The highest BCUT2D eigenvalue weighted by atomic mass is 19.4. The summed E-state index contributed by atoms with van der Waals surface area (Å²) >= 11 is 0. The second-order valence-corrected chi connectivity index (χ2v) is 5.29. The van der Waals surface area contributed by atoms with Gasteiger partial charge in [-0.1, -0.05) is 24.3 Å². The number of aliphatic hydroxyl groups excluding tert-OH is 1. The van der Waals surface area contributed by atoms with E-state index in [1.165, 1.54) is 20.3 Å². The Kier molecular flexibility index (Phi) is 5.72. The second kappa shape index (κ2) is 7.57. The zero-order chi connectivity index (χ0) is 17.7. The van der Waals surface area contributed by atoms with Crippen LogP contribution in [0.3, 0.4) is 0 Å². The van der Waals surface area contributed by atoms with Gasteiger partial charge in [0.25, 0.3) is 0 Å². The number of hydrogen-bond acceptors (Lipinski definition) is 3. The van der Waals surface area contributed by atoms with Crippen molar-refractivity contribution in [2.24, 2.45) is 0 Å². The number of aryl methyl sites for hydroxylation is 1. The van der Waals surface area contributed by atoms with Gasteiger partial charge in [0.1, 0.15) is 0 Å². The molecule has 3 nitrogen and oxygen atoms in total. The molecule has 0 aliphatic rings. The topological polar surface area (TPSA) is 38.7 Å². The van der Waals surface area contributed by atoms with E-state index < -0.39 is 11.7 Å². The van der Waals surface area contributed by atoms with E-state index >= 15 is 0 Å². The van der Waals surface area contributed by atoms with Crippen molar-refractivity contribution in [1.82, 2.24) is 0 Å². The van der Waals surface area contributed by atoms with E-state index in [1.807, 2.05) is 0 Å². The molecule has 2 aromatic rings. The predicted molar refractivity (Wildman–Crippen MR) is 84.3 cm³/mol. The SMILES string of the molecule is COc1ccc(CO)c(CCc2cccc(C(F)(F)F)c2)c1OC. The van der Waals surface area contributed by atoms with E-state index in [9.17, 15) is 18.3 Å². The molecule has 0 aliphatic heterocycles. The molecule has 0 saturated carbocycles. The highest BCUT2D eigenvalue weighted by Crippen LogP contribution is 2.35. The molecule has 24 heavy (non-hydrogen) atoms. The molecule has 2 aromatic carbocycles. The van der Waals surface area contributed by atoms with E-state index in [2.05, 4.69) is 0 Å². The summed E-state index contributed by atoms with van der Waals surface area (Å²) in [7, 11) is 3.00. The zero-order valence-electron chi connectivity index (χ0n) is 13.5. The molecular formula is C18H19F3O3. The van der Waals surface area contributed by atoms with Gasteiger partial charge in [0.05, 0.1) is 26.4 Å². The van der Waals surface area contributed by atoms with Crippen molar-refractivity contribution in [2.45, 2.75) is 25.6 Å². The number of halogens is 3. The molecule has 0 unspecified atom stereocenters. The Labute approximate surface area is 138 Å². The van der Waals surface area contributed by atoms with Crippen LogP contribution in [0.4, 0.5) is 13.2 Å². The number of methoxy groups -OCH3 is 2. The van der Waals surface area contributed by atoms with Gasteiger partial charge in [-0.05, 0) is 36.1 Å². The Bertz CT molecular complexity index is 696. The van der Waals surface area contributed by atoms with Gasteiger partial charge < -0.3 is 14.6 Å². The number of benzene rings is 2. The van der Waals surface area contributed by atoms with Crippen LogP contribution in [0, 0.1) is 0 Å². The summed E-state index contributed by atoms with van der Waals surface area (Å²) in [5, 5.41) is 9.50. The van der Waals surface area contributed by atoms with Crippen LogP contribution in [-0.2, 0) is 25.6 Å². The minimum Gasteiger partial charge on any atom is -0.493 e. The molecule has 0 aliphatic carbocycles. The van der Waals surface area contributed by atoms with Crippen molar-refractivity contribution in [1.29, 1.82) is 0 Å². The molecule has 6 heteroatoms. The number of alkyl halides is 3. The third-order valence-corrected chi connectivity index (χ3v) is 3.83. The molecule has 2 rings (SSSR count). The first-order valence-corrected chi connectivity index (χ1v) is 7.40. The molecule has 0 spiro atoms. The average Bonchev–Trinajstić information content (AvgIpc) is 2.58. The number of ether oxygens (including phenoxy) is 2. The van der Waals surface area contributed by atoms with E-state index in [-0.39, 0.29) is 6.61 Å². The lowest BCUT2D eigenvalue weighted by atomic mass is 9.97. The molecule has 0 radical (unpaired) electrons. The van der Waals surface area contributed by atoms with Gasteiger partial charge in [0.2, 0.25) is 0 Å². The summed E-state index contributed by atoms with van der Waals surface area (Å²) in [5.74, 6) is 1.02. The molecule has 0 saturated heterocycles. The Hall–Kier alpha value is -2.21. The van der Waals surface area contributed by atoms with Crippen LogP contribution in [0.25, 0.3) is 0 Å². The maximum Gasteiger partial charge on any atom is 0.416 e. The highest BCUT2D eigenvalue weighted by molar-refractivity contribution is 5.51. The Balaban J connectivity index is 2.29. The Morgan fingerprint density at radius 3 is 2.33 bits per heavy atom. The number of aliphatic hydroxyl groups is 1. The third-order valence-electron chi connectivity index (χ3n) is 3.83. The van der Waals surface area contributed by atoms with E-state index in [1.54, 1.807) is 18.2 Å². The normalized spacial score (nSPS) is 11.4. The maximum atomic E-state index is 12.8. The van der Waals surface area contributed by atoms with Crippen LogP contribution in [-0.4, -0.2) is 19.3 Å². The van der Waals surface area contributed by atoms with Gasteiger partial charge in [-0.25, -0.2) is 0 Å². The monoisotopic (exact) mass is 340 g/mol. The highest BCUT2D eigenvalue weighted by Gasteiger charge is 2.30. The summed E-state index contributed by atoms with van der Waals surface area (Å²) < 4.78 is 49.0. The second-order valence-electron chi connectivity index (χ2n) is 5.29. The quantitative estimate of drug-likeness (QED) is 0.864. The lowest BCUT2D eigenvalue weighted by Crippen LogP contribution is -2.06. The third kappa shape index (κ3) is 4.00. The molecule has 0 amide bonds. The fourth-order valence-electron chi connectivity index (χ4n) is 2.63. The minimum absolute atomic E-state index is 0.182. The van der Waals surface area contributed by atoms with Gasteiger partial charge in [-0.3, -0.25) is 0 Å². The summed E-state index contributed by atoms with van der Waals surface area (Å²) in [6, 6.07) is 8.66. The molecule has 0 fully saturated rings. The van der Waals surface area contributed by atoms with Crippen molar-refractivity contribution >= 4 is 0 Å². The number of rotatable bonds is 6. The standard InChI is InChI=1S/C18H19F3O3/c1-23-16-9-7-13(11-22)15(17(16)24-2)8-6-12-4-3-5-14(10-12)18(19,20)21/h3-5,7,9-10,22H,6,8,11H2,1-2H3. The van der Waals surface area contributed by atoms with Gasteiger partial charge in [0, 0.05) is 5.56 Å². The molecule has 0 atom stereocenters. The predicted octanol–water partition coefficient (Wildman–Crippen LogP) is 4.00. The molecule has 0 bridgehead atoms.